The van der Waals surface area contributed by atoms with Gasteiger partial charge in [-0.05, 0) is 90.3 Å². The number of allylic oxidation sites excluding steroid dienone is 2. The highest BCUT2D eigenvalue weighted by atomic mass is 19.2. The molecule has 3 heteroatoms. The monoisotopic (exact) mass is 476 g/mol. The van der Waals surface area contributed by atoms with Gasteiger partial charge < -0.3 is 0 Å². The van der Waals surface area contributed by atoms with Gasteiger partial charge in [-0.1, -0.05) is 81.3 Å². The van der Waals surface area contributed by atoms with E-state index in [4.69, 9.17) is 0 Å². The largest absolute Gasteiger partial charge is 0.207 e. The fourth-order valence-electron chi connectivity index (χ4n) is 4.97. The standard InChI is InChI=1S/C32H35F3/c1-3-5-6-26-17-18-28(21-30(26)33)24-12-9-23(10-13-24)11-16-27-19-20-29(32(35)31(27)34)25-14-7-22(4-2)8-15-25/h9-10,12-14,17-22H,3-8,11,15-16H2,1-2H3. The molecule has 0 radical (unpaired) electrons. The lowest BCUT2D eigenvalue weighted by Crippen LogP contribution is -2.07. The Bertz CT molecular complexity index is 1170. The van der Waals surface area contributed by atoms with E-state index in [0.717, 1.165) is 72.8 Å². The van der Waals surface area contributed by atoms with Crippen LogP contribution in [0.15, 0.2) is 60.7 Å². The Morgan fingerprint density at radius 1 is 0.771 bits per heavy atom. The van der Waals surface area contributed by atoms with Crippen LogP contribution in [0.1, 0.15) is 74.6 Å². The summed E-state index contributed by atoms with van der Waals surface area (Å²) in [5.41, 5.74) is 5.35. The van der Waals surface area contributed by atoms with Crippen molar-refractivity contribution in [2.45, 2.75) is 71.6 Å². The van der Waals surface area contributed by atoms with Gasteiger partial charge in [0.25, 0.3) is 0 Å². The average Bonchev–Trinajstić information content (AvgIpc) is 2.89. The van der Waals surface area contributed by atoms with E-state index in [-0.39, 0.29) is 5.82 Å². The van der Waals surface area contributed by atoms with E-state index in [0.29, 0.717) is 29.9 Å². The Balaban J connectivity index is 1.41. The molecular formula is C32H35F3. The van der Waals surface area contributed by atoms with Gasteiger partial charge in [0.2, 0.25) is 0 Å². The molecule has 0 N–H and O–H groups in total. The molecule has 0 aliphatic heterocycles. The summed E-state index contributed by atoms with van der Waals surface area (Å²) in [5, 5.41) is 0. The molecule has 1 aliphatic rings. The number of benzene rings is 3. The maximum absolute atomic E-state index is 14.9. The lowest BCUT2D eigenvalue weighted by molar-refractivity contribution is 0.466. The number of unbranched alkanes of at least 4 members (excludes halogenated alkanes) is 1. The molecule has 35 heavy (non-hydrogen) atoms. The van der Waals surface area contributed by atoms with Crippen LogP contribution in [0.5, 0.6) is 0 Å². The van der Waals surface area contributed by atoms with Gasteiger partial charge in [0.05, 0.1) is 0 Å². The molecule has 0 fully saturated rings. The molecule has 0 nitrogen and oxygen atoms in total. The molecule has 3 aromatic rings. The Labute approximate surface area is 207 Å². The van der Waals surface area contributed by atoms with Gasteiger partial charge in [-0.3, -0.25) is 0 Å². The van der Waals surface area contributed by atoms with Gasteiger partial charge in [-0.25, -0.2) is 13.2 Å². The van der Waals surface area contributed by atoms with Crippen LogP contribution in [0.25, 0.3) is 16.7 Å². The second-order valence-corrected chi connectivity index (χ2v) is 9.78. The fourth-order valence-corrected chi connectivity index (χ4v) is 4.97. The van der Waals surface area contributed by atoms with E-state index in [9.17, 15) is 13.2 Å². The zero-order valence-electron chi connectivity index (χ0n) is 20.8. The second-order valence-electron chi connectivity index (χ2n) is 9.78. The summed E-state index contributed by atoms with van der Waals surface area (Å²) in [5.74, 6) is -0.948. The summed E-state index contributed by atoms with van der Waals surface area (Å²) < 4.78 is 44.2. The molecule has 4 rings (SSSR count). The third-order valence-electron chi connectivity index (χ3n) is 7.43. The lowest BCUT2D eigenvalue weighted by atomic mass is 9.85. The molecule has 1 aliphatic carbocycles. The number of aryl methyl sites for hydroxylation is 3. The lowest BCUT2D eigenvalue weighted by Gasteiger charge is -2.21. The Morgan fingerprint density at radius 3 is 2.17 bits per heavy atom. The van der Waals surface area contributed by atoms with Crippen LogP contribution in [-0.2, 0) is 19.3 Å². The van der Waals surface area contributed by atoms with Crippen LogP contribution < -0.4 is 0 Å². The van der Waals surface area contributed by atoms with Gasteiger partial charge in [-0.2, -0.15) is 0 Å². The van der Waals surface area contributed by atoms with E-state index < -0.39 is 11.6 Å². The maximum atomic E-state index is 14.9. The summed E-state index contributed by atoms with van der Waals surface area (Å²) in [4.78, 5) is 0. The zero-order valence-corrected chi connectivity index (χ0v) is 20.8. The van der Waals surface area contributed by atoms with Crippen molar-refractivity contribution in [3.63, 3.8) is 0 Å². The summed E-state index contributed by atoms with van der Waals surface area (Å²) in [7, 11) is 0. The van der Waals surface area contributed by atoms with Crippen LogP contribution in [0.4, 0.5) is 13.2 Å². The molecule has 0 saturated heterocycles. The third kappa shape index (κ3) is 6.07. The highest BCUT2D eigenvalue weighted by Crippen LogP contribution is 2.34. The number of halogens is 3. The SMILES string of the molecule is CCCCc1ccc(-c2ccc(CCc3ccc(C4=CCC(CC)CC4)c(F)c3F)cc2)cc1F. The minimum absolute atomic E-state index is 0.157. The van der Waals surface area contributed by atoms with Gasteiger partial charge in [-0.15, -0.1) is 0 Å². The van der Waals surface area contributed by atoms with Gasteiger partial charge >= 0.3 is 0 Å². The van der Waals surface area contributed by atoms with Gasteiger partial charge in [0.1, 0.15) is 5.82 Å². The Morgan fingerprint density at radius 2 is 1.51 bits per heavy atom. The predicted molar refractivity (Wildman–Crippen MR) is 140 cm³/mol. The maximum Gasteiger partial charge on any atom is 0.166 e. The third-order valence-corrected chi connectivity index (χ3v) is 7.43. The highest BCUT2D eigenvalue weighted by molar-refractivity contribution is 5.67. The Kier molecular flexibility index (Phi) is 8.49. The molecular weight excluding hydrogens is 441 g/mol. The van der Waals surface area contributed by atoms with Crippen molar-refractivity contribution in [3.05, 3.63) is 100 Å². The minimum atomic E-state index is -0.726. The van der Waals surface area contributed by atoms with E-state index in [1.807, 2.05) is 36.4 Å². The van der Waals surface area contributed by atoms with Crippen LogP contribution in [0.3, 0.4) is 0 Å². The van der Waals surface area contributed by atoms with E-state index in [1.165, 1.54) is 0 Å². The van der Waals surface area contributed by atoms with E-state index in [1.54, 1.807) is 18.2 Å². The number of rotatable bonds is 9. The topological polar surface area (TPSA) is 0 Å². The quantitative estimate of drug-likeness (QED) is 0.288. The first-order valence-corrected chi connectivity index (χ1v) is 13.0. The number of hydrogen-bond acceptors (Lipinski definition) is 0. The molecule has 0 bridgehead atoms. The first-order valence-electron chi connectivity index (χ1n) is 13.0. The molecule has 0 aromatic heterocycles. The molecule has 184 valence electrons. The van der Waals surface area contributed by atoms with Crippen molar-refractivity contribution in [1.29, 1.82) is 0 Å². The van der Waals surface area contributed by atoms with Gasteiger partial charge in [0, 0.05) is 5.56 Å². The molecule has 0 spiro atoms. The summed E-state index contributed by atoms with van der Waals surface area (Å²) in [6.45, 7) is 4.28. The molecule has 0 heterocycles. The molecule has 3 aromatic carbocycles. The first-order chi connectivity index (χ1) is 17.0. The molecule has 0 amide bonds. The van der Waals surface area contributed by atoms with Crippen LogP contribution in [0, 0.1) is 23.4 Å². The van der Waals surface area contributed by atoms with E-state index >= 15 is 0 Å². The number of hydrogen-bond donors (Lipinski definition) is 0. The average molecular weight is 477 g/mol. The van der Waals surface area contributed by atoms with Crippen molar-refractivity contribution < 1.29 is 13.2 Å². The van der Waals surface area contributed by atoms with Crippen molar-refractivity contribution in [2.75, 3.05) is 0 Å². The summed E-state index contributed by atoms with van der Waals surface area (Å²) in [6.07, 6.45) is 9.83. The second kappa shape index (κ2) is 11.7. The van der Waals surface area contributed by atoms with Crippen LogP contribution in [-0.4, -0.2) is 0 Å². The predicted octanol–water partition coefficient (Wildman–Crippen LogP) is 9.49. The van der Waals surface area contributed by atoms with Crippen LogP contribution >= 0.6 is 0 Å². The molecule has 0 saturated carbocycles. The zero-order chi connectivity index (χ0) is 24.8. The molecule has 1 atom stereocenters. The minimum Gasteiger partial charge on any atom is -0.207 e. The molecule has 1 unspecified atom stereocenters. The van der Waals surface area contributed by atoms with Crippen molar-refractivity contribution in [2.24, 2.45) is 5.92 Å². The van der Waals surface area contributed by atoms with E-state index in [2.05, 4.69) is 19.9 Å². The Hall–Kier alpha value is -2.81. The first kappa shape index (κ1) is 25.3. The normalized spacial score (nSPS) is 15.8. The smallest absolute Gasteiger partial charge is 0.166 e. The summed E-state index contributed by atoms with van der Waals surface area (Å²) >= 11 is 0. The van der Waals surface area contributed by atoms with Gasteiger partial charge in [0.15, 0.2) is 11.6 Å². The van der Waals surface area contributed by atoms with Crippen molar-refractivity contribution in [1.82, 2.24) is 0 Å². The highest BCUT2D eigenvalue weighted by Gasteiger charge is 2.20. The van der Waals surface area contributed by atoms with Crippen LogP contribution in [0.2, 0.25) is 0 Å². The van der Waals surface area contributed by atoms with Crippen molar-refractivity contribution in [3.8, 4) is 11.1 Å². The fraction of sp³-hybridized carbons (Fsp3) is 0.375. The summed E-state index contributed by atoms with van der Waals surface area (Å²) in [6, 6.07) is 16.8. The van der Waals surface area contributed by atoms with Crippen molar-refractivity contribution >= 4 is 5.57 Å².